The highest BCUT2D eigenvalue weighted by Gasteiger charge is 2.48. The lowest BCUT2D eigenvalue weighted by atomic mass is 9.77. The summed E-state index contributed by atoms with van der Waals surface area (Å²) in [5, 5.41) is 7.05. The second-order valence-electron chi connectivity index (χ2n) is 6.47. The molecule has 124 valence electrons. The third-order valence-electron chi connectivity index (χ3n) is 3.73. The summed E-state index contributed by atoms with van der Waals surface area (Å²) in [6.07, 6.45) is -1.16. The third kappa shape index (κ3) is 3.39. The molecule has 0 atom stereocenters. The number of halogens is 2. The average molecular weight is 315 g/mol. The molecule has 1 aromatic rings. The Labute approximate surface area is 129 Å². The maximum Gasteiger partial charge on any atom is 0.413 e. The number of carbonyl (C=O) groups excluding carboxylic acids is 1. The first-order valence-electron chi connectivity index (χ1n) is 7.53. The summed E-state index contributed by atoms with van der Waals surface area (Å²) in [5.74, 6) is -2.27. The normalized spacial score (nSPS) is 17.7. The number of nitrogens with zero attached hydrogens (tertiary/aromatic N) is 2. The van der Waals surface area contributed by atoms with Crippen molar-refractivity contribution in [2.75, 3.05) is 5.32 Å². The maximum atomic E-state index is 13.1. The zero-order valence-electron chi connectivity index (χ0n) is 13.6. The van der Waals surface area contributed by atoms with Gasteiger partial charge in [-0.15, -0.1) is 0 Å². The van der Waals surface area contributed by atoms with Crippen LogP contribution < -0.4 is 5.32 Å². The van der Waals surface area contributed by atoms with Gasteiger partial charge in [0, 0.05) is 31.4 Å². The average Bonchev–Trinajstić information content (AvgIpc) is 2.62. The lowest BCUT2D eigenvalue weighted by Gasteiger charge is -2.34. The highest BCUT2D eigenvalue weighted by molar-refractivity contribution is 5.85. The van der Waals surface area contributed by atoms with E-state index in [1.807, 2.05) is 13.8 Å². The van der Waals surface area contributed by atoms with Gasteiger partial charge in [0.15, 0.2) is 0 Å². The van der Waals surface area contributed by atoms with Gasteiger partial charge in [-0.25, -0.2) is 13.6 Å². The molecule has 0 saturated heterocycles. The second kappa shape index (κ2) is 5.85. The summed E-state index contributed by atoms with van der Waals surface area (Å²) >= 11 is 0. The van der Waals surface area contributed by atoms with E-state index in [0.717, 1.165) is 5.56 Å². The maximum absolute atomic E-state index is 13.1. The minimum atomic E-state index is -2.60. The molecule has 1 aromatic heterocycles. The molecule has 0 bridgehead atoms. The van der Waals surface area contributed by atoms with Crippen LogP contribution in [0, 0.1) is 0 Å². The molecule has 5 nitrogen and oxygen atoms in total. The van der Waals surface area contributed by atoms with Gasteiger partial charge in [0.25, 0.3) is 0 Å². The fourth-order valence-corrected chi connectivity index (χ4v) is 2.77. The lowest BCUT2D eigenvalue weighted by Crippen LogP contribution is -2.34. The second-order valence-corrected chi connectivity index (χ2v) is 6.47. The molecule has 1 heterocycles. The van der Waals surface area contributed by atoms with Crippen molar-refractivity contribution in [3.8, 4) is 0 Å². The first kappa shape index (κ1) is 16.7. The molecule has 0 aliphatic heterocycles. The van der Waals surface area contributed by atoms with E-state index in [0.29, 0.717) is 11.5 Å². The summed E-state index contributed by atoms with van der Waals surface area (Å²) in [7, 11) is 1.69. The van der Waals surface area contributed by atoms with E-state index in [1.54, 1.807) is 20.9 Å². The number of alkyl halides is 2. The van der Waals surface area contributed by atoms with Gasteiger partial charge in [0.2, 0.25) is 5.92 Å². The molecule has 7 heteroatoms. The van der Waals surface area contributed by atoms with Crippen LogP contribution in [0.15, 0.2) is 0 Å². The van der Waals surface area contributed by atoms with Gasteiger partial charge in [-0.05, 0) is 19.8 Å². The van der Waals surface area contributed by atoms with Crippen molar-refractivity contribution in [2.24, 2.45) is 7.05 Å². The summed E-state index contributed by atoms with van der Waals surface area (Å²) in [6.45, 7) is 7.43. The predicted octanol–water partition coefficient (Wildman–Crippen LogP) is 4.01. The Kier molecular flexibility index (Phi) is 4.44. The molecule has 1 aliphatic carbocycles. The topological polar surface area (TPSA) is 56.1 Å². The molecule has 1 fully saturated rings. The fraction of sp³-hybridized carbons (Fsp3) is 0.733. The van der Waals surface area contributed by atoms with E-state index in [4.69, 9.17) is 4.74 Å². The molecule has 1 aliphatic rings. The van der Waals surface area contributed by atoms with Gasteiger partial charge in [0.05, 0.1) is 11.8 Å². The van der Waals surface area contributed by atoms with Crippen LogP contribution in [0.1, 0.15) is 63.6 Å². The molecular formula is C15H23F2N3O2. The van der Waals surface area contributed by atoms with Crippen molar-refractivity contribution >= 4 is 11.9 Å². The van der Waals surface area contributed by atoms with E-state index in [1.165, 1.54) is 4.68 Å². The summed E-state index contributed by atoms with van der Waals surface area (Å²) in [4.78, 5) is 11.8. The number of aryl methyl sites for hydroxylation is 1. The Hall–Kier alpha value is -1.66. The first-order valence-corrected chi connectivity index (χ1v) is 7.53. The van der Waals surface area contributed by atoms with Crippen LogP contribution in [-0.4, -0.2) is 27.9 Å². The quantitative estimate of drug-likeness (QED) is 0.913. The number of hydrogen-bond donors (Lipinski definition) is 1. The number of rotatable bonds is 4. The standard InChI is InChI=1S/C15H23F2N3O2/c1-8(2)11-12(10-6-15(16,17)7-10)19-20(5)13(11)18-14(21)22-9(3)4/h8-10H,6-7H2,1-5H3,(H,18,21). The van der Waals surface area contributed by atoms with Crippen LogP contribution >= 0.6 is 0 Å². The van der Waals surface area contributed by atoms with Crippen molar-refractivity contribution in [2.45, 2.75) is 64.4 Å². The number of carbonyl (C=O) groups is 1. The largest absolute Gasteiger partial charge is 0.447 e. The number of ether oxygens (including phenoxy) is 1. The zero-order valence-corrected chi connectivity index (χ0v) is 13.6. The zero-order chi connectivity index (χ0) is 16.7. The Morgan fingerprint density at radius 1 is 1.36 bits per heavy atom. The highest BCUT2D eigenvalue weighted by atomic mass is 19.3. The number of anilines is 1. The summed E-state index contributed by atoms with van der Waals surface area (Å²) in [6, 6.07) is 0. The molecule has 1 saturated carbocycles. The van der Waals surface area contributed by atoms with E-state index in [-0.39, 0.29) is 30.8 Å². The molecule has 22 heavy (non-hydrogen) atoms. The lowest BCUT2D eigenvalue weighted by molar-refractivity contribution is -0.0878. The smallest absolute Gasteiger partial charge is 0.413 e. The minimum Gasteiger partial charge on any atom is -0.447 e. The summed E-state index contributed by atoms with van der Waals surface area (Å²) < 4.78 is 32.9. The highest BCUT2D eigenvalue weighted by Crippen LogP contribution is 2.50. The van der Waals surface area contributed by atoms with Gasteiger partial charge in [-0.3, -0.25) is 10.00 Å². The van der Waals surface area contributed by atoms with Gasteiger partial charge in [0.1, 0.15) is 5.82 Å². The van der Waals surface area contributed by atoms with E-state index < -0.39 is 12.0 Å². The monoisotopic (exact) mass is 315 g/mol. The third-order valence-corrected chi connectivity index (χ3v) is 3.73. The SMILES string of the molecule is CC(C)OC(=O)Nc1c(C(C)C)c(C2CC(F)(F)C2)nn1C. The molecule has 0 spiro atoms. The fourth-order valence-electron chi connectivity index (χ4n) is 2.77. The van der Waals surface area contributed by atoms with Gasteiger partial charge in [-0.2, -0.15) is 5.10 Å². The molecule has 0 unspecified atom stereocenters. The van der Waals surface area contributed by atoms with Crippen LogP contribution in [0.25, 0.3) is 0 Å². The molecule has 0 aromatic carbocycles. The molecular weight excluding hydrogens is 292 g/mol. The summed E-state index contributed by atoms with van der Waals surface area (Å²) in [5.41, 5.74) is 1.46. The molecule has 1 N–H and O–H groups in total. The van der Waals surface area contributed by atoms with Crippen LogP contribution in [0.4, 0.5) is 19.4 Å². The van der Waals surface area contributed by atoms with Crippen molar-refractivity contribution in [1.82, 2.24) is 9.78 Å². The van der Waals surface area contributed by atoms with Crippen molar-refractivity contribution < 1.29 is 18.3 Å². The molecule has 1 amide bonds. The van der Waals surface area contributed by atoms with Crippen LogP contribution in [-0.2, 0) is 11.8 Å². The Morgan fingerprint density at radius 2 is 1.95 bits per heavy atom. The minimum absolute atomic E-state index is 0.0623. The predicted molar refractivity (Wildman–Crippen MR) is 79.5 cm³/mol. The molecule has 2 rings (SSSR count). The number of nitrogens with one attached hydrogen (secondary N) is 1. The van der Waals surface area contributed by atoms with Crippen LogP contribution in [0.2, 0.25) is 0 Å². The Bertz CT molecular complexity index is 559. The van der Waals surface area contributed by atoms with Gasteiger partial charge in [-0.1, -0.05) is 13.8 Å². The van der Waals surface area contributed by atoms with Gasteiger partial charge >= 0.3 is 6.09 Å². The van der Waals surface area contributed by atoms with Crippen molar-refractivity contribution in [3.63, 3.8) is 0 Å². The number of hydrogen-bond acceptors (Lipinski definition) is 3. The van der Waals surface area contributed by atoms with Crippen LogP contribution in [0.5, 0.6) is 0 Å². The Morgan fingerprint density at radius 3 is 2.41 bits per heavy atom. The van der Waals surface area contributed by atoms with Crippen LogP contribution in [0.3, 0.4) is 0 Å². The number of aromatic nitrogens is 2. The van der Waals surface area contributed by atoms with Crippen molar-refractivity contribution in [1.29, 1.82) is 0 Å². The van der Waals surface area contributed by atoms with E-state index in [2.05, 4.69) is 10.4 Å². The first-order chi connectivity index (χ1) is 10.1. The molecule has 0 radical (unpaired) electrons. The Balaban J connectivity index is 2.26. The van der Waals surface area contributed by atoms with E-state index >= 15 is 0 Å². The van der Waals surface area contributed by atoms with Gasteiger partial charge < -0.3 is 4.74 Å². The number of amides is 1. The van der Waals surface area contributed by atoms with Crippen molar-refractivity contribution in [3.05, 3.63) is 11.3 Å². The van der Waals surface area contributed by atoms with E-state index in [9.17, 15) is 13.6 Å².